The maximum absolute atomic E-state index is 12.7. The summed E-state index contributed by atoms with van der Waals surface area (Å²) < 4.78 is 43.8. The molecule has 2 aliphatic heterocycles. The Balaban J connectivity index is 1.28. The summed E-state index contributed by atoms with van der Waals surface area (Å²) in [7, 11) is 0. The number of ether oxygens (including phenoxy) is 1. The van der Waals surface area contributed by atoms with E-state index in [9.17, 15) is 27.6 Å². The highest BCUT2D eigenvalue weighted by molar-refractivity contribution is 8.18. The number of amides is 4. The van der Waals surface area contributed by atoms with E-state index in [1.54, 1.807) is 35.2 Å². The molecule has 0 unspecified atom stereocenters. The molecule has 2 heterocycles. The van der Waals surface area contributed by atoms with Gasteiger partial charge in [-0.05, 0) is 59.8 Å². The van der Waals surface area contributed by atoms with Crippen LogP contribution >= 0.6 is 11.8 Å². The molecule has 2 aromatic carbocycles. The van der Waals surface area contributed by atoms with Crippen molar-refractivity contribution in [3.63, 3.8) is 0 Å². The van der Waals surface area contributed by atoms with Crippen LogP contribution in [0.25, 0.3) is 6.08 Å². The molecule has 33 heavy (non-hydrogen) atoms. The normalized spacial score (nSPS) is 17.8. The summed E-state index contributed by atoms with van der Waals surface area (Å²) in [5.74, 6) is 0.147. The molecule has 4 rings (SSSR count). The Labute approximate surface area is 191 Å². The lowest BCUT2D eigenvalue weighted by atomic mass is 10.2. The summed E-state index contributed by atoms with van der Waals surface area (Å²) in [6.07, 6.45) is -2.82. The maximum Gasteiger partial charge on any atom is 0.416 e. The monoisotopic (exact) mass is 477 g/mol. The van der Waals surface area contributed by atoms with Gasteiger partial charge in [0.15, 0.2) is 0 Å². The summed E-state index contributed by atoms with van der Waals surface area (Å²) in [5, 5.41) is 1.79. The molecular formula is C22H18F3N3O4S. The van der Waals surface area contributed by atoms with Crippen LogP contribution in [0, 0.1) is 0 Å². The second-order valence-electron chi connectivity index (χ2n) is 7.24. The number of urea groups is 1. The minimum atomic E-state index is -4.42. The van der Waals surface area contributed by atoms with Gasteiger partial charge in [0.1, 0.15) is 12.4 Å². The summed E-state index contributed by atoms with van der Waals surface area (Å²) in [4.78, 5) is 38.7. The first-order valence-electron chi connectivity index (χ1n) is 9.92. The van der Waals surface area contributed by atoms with Crippen molar-refractivity contribution in [2.24, 2.45) is 0 Å². The molecule has 2 aliphatic rings. The Morgan fingerprint density at radius 3 is 2.30 bits per heavy atom. The van der Waals surface area contributed by atoms with Crippen LogP contribution in [-0.4, -0.2) is 48.3 Å². The van der Waals surface area contributed by atoms with Crippen molar-refractivity contribution in [2.75, 3.05) is 31.1 Å². The van der Waals surface area contributed by atoms with Gasteiger partial charge in [-0.15, -0.1) is 0 Å². The first-order chi connectivity index (χ1) is 15.7. The van der Waals surface area contributed by atoms with E-state index in [1.807, 2.05) is 0 Å². The van der Waals surface area contributed by atoms with Gasteiger partial charge in [-0.2, -0.15) is 13.2 Å². The minimum absolute atomic E-state index is 0.236. The van der Waals surface area contributed by atoms with Gasteiger partial charge in [-0.1, -0.05) is 12.1 Å². The van der Waals surface area contributed by atoms with Crippen molar-refractivity contribution in [2.45, 2.75) is 6.18 Å². The van der Waals surface area contributed by atoms with Crippen molar-refractivity contribution in [3.8, 4) is 5.75 Å². The number of rotatable bonds is 6. The molecule has 0 saturated carbocycles. The van der Waals surface area contributed by atoms with E-state index in [-0.39, 0.29) is 12.6 Å². The molecule has 0 radical (unpaired) electrons. The molecule has 2 fully saturated rings. The van der Waals surface area contributed by atoms with E-state index in [0.717, 1.165) is 29.5 Å². The third-order valence-electron chi connectivity index (χ3n) is 5.05. The average molecular weight is 477 g/mol. The summed E-state index contributed by atoms with van der Waals surface area (Å²) >= 11 is 0.840. The molecule has 0 spiro atoms. The Bertz CT molecular complexity index is 1100. The Morgan fingerprint density at radius 1 is 1.00 bits per heavy atom. The third-order valence-corrected chi connectivity index (χ3v) is 5.86. The number of nitrogens with zero attached hydrogens (tertiary/aromatic N) is 2. The smallest absolute Gasteiger partial charge is 0.416 e. The number of carbonyl (C=O) groups excluding carboxylic acids is 3. The van der Waals surface area contributed by atoms with Crippen LogP contribution in [0.2, 0.25) is 0 Å². The fourth-order valence-corrected chi connectivity index (χ4v) is 4.05. The van der Waals surface area contributed by atoms with E-state index >= 15 is 0 Å². The molecule has 0 aromatic heterocycles. The lowest BCUT2D eigenvalue weighted by molar-refractivity contribution is -0.137. The van der Waals surface area contributed by atoms with Crippen molar-refractivity contribution in [1.82, 2.24) is 10.2 Å². The van der Waals surface area contributed by atoms with Crippen molar-refractivity contribution < 1.29 is 32.3 Å². The first-order valence-corrected chi connectivity index (χ1v) is 10.7. The second kappa shape index (κ2) is 9.18. The third kappa shape index (κ3) is 5.30. The van der Waals surface area contributed by atoms with Gasteiger partial charge in [0.05, 0.1) is 17.0 Å². The van der Waals surface area contributed by atoms with E-state index in [0.29, 0.717) is 36.0 Å². The van der Waals surface area contributed by atoms with Gasteiger partial charge in [0.25, 0.3) is 11.1 Å². The van der Waals surface area contributed by atoms with E-state index in [1.165, 1.54) is 17.0 Å². The van der Waals surface area contributed by atoms with Crippen molar-refractivity contribution >= 4 is 40.7 Å². The molecular weight excluding hydrogens is 459 g/mol. The highest BCUT2D eigenvalue weighted by Gasteiger charge is 2.32. The number of hydrogen-bond acceptors (Lipinski definition) is 5. The first kappa shape index (κ1) is 22.7. The number of hydrogen-bond donors (Lipinski definition) is 1. The lowest BCUT2D eigenvalue weighted by Gasteiger charge is -2.19. The van der Waals surface area contributed by atoms with Crippen LogP contribution in [0.3, 0.4) is 0 Å². The minimum Gasteiger partial charge on any atom is -0.492 e. The Hall–Kier alpha value is -3.47. The zero-order valence-corrected chi connectivity index (χ0v) is 17.9. The molecule has 2 aromatic rings. The van der Waals surface area contributed by atoms with Gasteiger partial charge in [-0.25, -0.2) is 4.79 Å². The molecule has 2 saturated heterocycles. The summed E-state index contributed by atoms with van der Waals surface area (Å²) in [6, 6.07) is 11.1. The fourth-order valence-electron chi connectivity index (χ4n) is 3.37. The van der Waals surface area contributed by atoms with Gasteiger partial charge in [0.2, 0.25) is 0 Å². The fraction of sp³-hybridized carbons (Fsp3) is 0.227. The number of benzene rings is 2. The molecule has 7 nitrogen and oxygen atoms in total. The number of anilines is 1. The molecule has 4 amide bonds. The molecule has 172 valence electrons. The molecule has 0 bridgehead atoms. The zero-order valence-electron chi connectivity index (χ0n) is 17.1. The molecule has 0 atom stereocenters. The Morgan fingerprint density at radius 2 is 1.70 bits per heavy atom. The number of nitrogens with one attached hydrogen (secondary N) is 1. The van der Waals surface area contributed by atoms with Crippen LogP contribution in [-0.2, 0) is 11.0 Å². The van der Waals surface area contributed by atoms with E-state index in [2.05, 4.69) is 5.32 Å². The highest BCUT2D eigenvalue weighted by Crippen LogP contribution is 2.31. The molecule has 0 aliphatic carbocycles. The van der Waals surface area contributed by atoms with Crippen molar-refractivity contribution in [3.05, 3.63) is 64.6 Å². The van der Waals surface area contributed by atoms with Gasteiger partial charge in [-0.3, -0.25) is 19.8 Å². The zero-order chi connectivity index (χ0) is 23.6. The topological polar surface area (TPSA) is 79.0 Å². The quantitative estimate of drug-likeness (QED) is 0.626. The van der Waals surface area contributed by atoms with Crippen molar-refractivity contribution in [1.29, 1.82) is 0 Å². The second-order valence-corrected chi connectivity index (χ2v) is 8.25. The Kier molecular flexibility index (Phi) is 6.32. The van der Waals surface area contributed by atoms with E-state index in [4.69, 9.17) is 4.74 Å². The van der Waals surface area contributed by atoms with Crippen LogP contribution in [0.15, 0.2) is 53.4 Å². The lowest BCUT2D eigenvalue weighted by Crippen LogP contribution is -2.34. The number of carbonyl (C=O) groups is 3. The largest absolute Gasteiger partial charge is 0.492 e. The van der Waals surface area contributed by atoms with E-state index < -0.39 is 22.9 Å². The van der Waals surface area contributed by atoms with Crippen LogP contribution in [0.4, 0.5) is 28.4 Å². The molecule has 1 N–H and O–H groups in total. The number of thioether (sulfide) groups is 1. The van der Waals surface area contributed by atoms with Crippen LogP contribution < -0.4 is 15.0 Å². The predicted octanol–water partition coefficient (Wildman–Crippen LogP) is 4.35. The SMILES string of the molecule is O=C1NC(=O)C(=Cc2ccc(OCCN3CCN(c4ccc(C(F)(F)F)cc4)C3=O)cc2)S1. The maximum atomic E-state index is 12.7. The van der Waals surface area contributed by atoms with Gasteiger partial charge < -0.3 is 9.64 Å². The highest BCUT2D eigenvalue weighted by atomic mass is 32.2. The summed E-state index contributed by atoms with van der Waals surface area (Å²) in [6.45, 7) is 1.37. The van der Waals surface area contributed by atoms with Crippen LogP contribution in [0.1, 0.15) is 11.1 Å². The average Bonchev–Trinajstić information content (AvgIpc) is 3.29. The van der Waals surface area contributed by atoms with Crippen LogP contribution in [0.5, 0.6) is 5.75 Å². The number of imide groups is 1. The standard InChI is InChI=1S/C22H18F3N3O4S/c23-22(24,25)15-3-5-16(6-4-15)28-10-9-27(21(28)31)11-12-32-17-7-1-14(2-8-17)13-18-19(29)26-20(30)33-18/h1-8,13H,9-12H2,(H,26,29,30). The number of halogens is 3. The molecule has 11 heteroatoms. The number of alkyl halides is 3. The predicted molar refractivity (Wildman–Crippen MR) is 117 cm³/mol. The van der Waals surface area contributed by atoms with Gasteiger partial charge >= 0.3 is 12.2 Å². The summed E-state index contributed by atoms with van der Waals surface area (Å²) in [5.41, 5.74) is 0.387. The van der Waals surface area contributed by atoms with Gasteiger partial charge in [0, 0.05) is 18.8 Å².